The fourth-order valence-electron chi connectivity index (χ4n) is 2.19. The van der Waals surface area contributed by atoms with E-state index in [0.717, 1.165) is 25.7 Å². The van der Waals surface area contributed by atoms with Gasteiger partial charge in [0.25, 0.3) is 0 Å². The number of carbonyl (C=O) groups is 1. The van der Waals surface area contributed by atoms with Gasteiger partial charge >= 0.3 is 5.97 Å². The summed E-state index contributed by atoms with van der Waals surface area (Å²) in [6.07, 6.45) is 7.10. The first kappa shape index (κ1) is 8.75. The lowest BCUT2D eigenvalue weighted by Gasteiger charge is -2.40. The van der Waals surface area contributed by atoms with Crippen LogP contribution in [0.15, 0.2) is 12.2 Å². The van der Waals surface area contributed by atoms with Crippen molar-refractivity contribution < 1.29 is 14.6 Å². The molecule has 1 N–H and O–H groups in total. The number of rotatable bonds is 0. The second kappa shape index (κ2) is 3.14. The van der Waals surface area contributed by atoms with Crippen LogP contribution in [0.1, 0.15) is 32.1 Å². The molecule has 2 aliphatic rings. The lowest BCUT2D eigenvalue weighted by molar-refractivity contribution is -0.172. The Hall–Kier alpha value is -0.830. The second-order valence-electron chi connectivity index (χ2n) is 3.85. The van der Waals surface area contributed by atoms with Crippen LogP contribution in [0.5, 0.6) is 0 Å². The molecule has 13 heavy (non-hydrogen) atoms. The van der Waals surface area contributed by atoms with Crippen molar-refractivity contribution in [2.24, 2.45) is 0 Å². The summed E-state index contributed by atoms with van der Waals surface area (Å²) in [5, 5.41) is 9.74. The molecule has 1 saturated carbocycles. The Morgan fingerprint density at radius 3 is 2.77 bits per heavy atom. The smallest absolute Gasteiger partial charge is 0.331 e. The highest BCUT2D eigenvalue weighted by Crippen LogP contribution is 2.36. The molecule has 0 aromatic rings. The first-order chi connectivity index (χ1) is 6.23. The molecule has 2 rings (SSSR count). The highest BCUT2D eigenvalue weighted by Gasteiger charge is 2.43. The van der Waals surface area contributed by atoms with Crippen molar-refractivity contribution in [1.82, 2.24) is 0 Å². The van der Waals surface area contributed by atoms with Crippen LogP contribution in [0.4, 0.5) is 0 Å². The van der Waals surface area contributed by atoms with E-state index in [-0.39, 0.29) is 5.97 Å². The summed E-state index contributed by atoms with van der Waals surface area (Å²) in [4.78, 5) is 11.1. The molecule has 0 bridgehead atoms. The zero-order valence-electron chi connectivity index (χ0n) is 7.53. The summed E-state index contributed by atoms with van der Waals surface area (Å²) >= 11 is 0. The molecule has 0 radical (unpaired) electrons. The van der Waals surface area contributed by atoms with Gasteiger partial charge in [-0.05, 0) is 31.8 Å². The van der Waals surface area contributed by atoms with Crippen molar-refractivity contribution >= 4 is 5.97 Å². The van der Waals surface area contributed by atoms with E-state index in [2.05, 4.69) is 0 Å². The summed E-state index contributed by atoms with van der Waals surface area (Å²) in [7, 11) is 0. The molecule has 0 amide bonds. The van der Waals surface area contributed by atoms with Crippen LogP contribution in [0.25, 0.3) is 0 Å². The summed E-state index contributed by atoms with van der Waals surface area (Å²) in [5.74, 6) is -0.313. The quantitative estimate of drug-likeness (QED) is 0.572. The normalized spacial score (nSPS) is 31.8. The molecule has 1 aliphatic heterocycles. The Bertz CT molecular complexity index is 239. The van der Waals surface area contributed by atoms with Crippen molar-refractivity contribution in [2.45, 2.75) is 43.8 Å². The number of aliphatic hydroxyl groups excluding tert-OH is 1. The Balaban J connectivity index is 2.19. The maximum absolute atomic E-state index is 11.1. The number of ether oxygens (including phenoxy) is 1. The van der Waals surface area contributed by atoms with Gasteiger partial charge in [-0.15, -0.1) is 0 Å². The van der Waals surface area contributed by atoms with Gasteiger partial charge in [0.15, 0.2) is 0 Å². The molecule has 72 valence electrons. The van der Waals surface area contributed by atoms with Gasteiger partial charge in [0.05, 0.1) is 0 Å². The van der Waals surface area contributed by atoms with E-state index in [0.29, 0.717) is 0 Å². The summed E-state index contributed by atoms with van der Waals surface area (Å²) < 4.78 is 5.25. The zero-order chi connectivity index (χ0) is 9.31. The van der Waals surface area contributed by atoms with Crippen LogP contribution in [0, 0.1) is 0 Å². The van der Waals surface area contributed by atoms with Crippen LogP contribution in [-0.2, 0) is 9.53 Å². The van der Waals surface area contributed by atoms with Crippen molar-refractivity contribution in [3.8, 4) is 0 Å². The van der Waals surface area contributed by atoms with E-state index in [4.69, 9.17) is 4.74 Å². The number of hydrogen-bond acceptors (Lipinski definition) is 3. The van der Waals surface area contributed by atoms with Crippen molar-refractivity contribution in [2.75, 3.05) is 0 Å². The zero-order valence-corrected chi connectivity index (χ0v) is 7.53. The first-order valence-electron chi connectivity index (χ1n) is 4.82. The first-order valence-corrected chi connectivity index (χ1v) is 4.82. The van der Waals surface area contributed by atoms with Crippen LogP contribution in [0.3, 0.4) is 0 Å². The molecule has 1 unspecified atom stereocenters. The third kappa shape index (κ3) is 1.48. The van der Waals surface area contributed by atoms with Crippen LogP contribution in [-0.4, -0.2) is 22.8 Å². The second-order valence-corrected chi connectivity index (χ2v) is 3.85. The van der Waals surface area contributed by atoms with Gasteiger partial charge in [0, 0.05) is 6.08 Å². The average Bonchev–Trinajstić information content (AvgIpc) is 2.14. The highest BCUT2D eigenvalue weighted by molar-refractivity contribution is 5.83. The highest BCUT2D eigenvalue weighted by atomic mass is 16.6. The molecular formula is C10H14O3. The standard InChI is InChI=1S/C10H14O3/c11-8-4-5-9(12)13-10(8)6-2-1-3-7-10/h4-5,8,11H,1-3,6-7H2. The molecular weight excluding hydrogens is 168 g/mol. The predicted octanol–water partition coefficient (Wildman–Crippen LogP) is 1.16. The number of aliphatic hydroxyl groups is 1. The van der Waals surface area contributed by atoms with Crippen LogP contribution >= 0.6 is 0 Å². The fourth-order valence-corrected chi connectivity index (χ4v) is 2.19. The Morgan fingerprint density at radius 2 is 2.08 bits per heavy atom. The van der Waals surface area contributed by atoms with Gasteiger partial charge in [-0.1, -0.05) is 6.42 Å². The molecule has 0 aromatic heterocycles. The third-order valence-corrected chi connectivity index (χ3v) is 2.96. The minimum atomic E-state index is -0.606. The largest absolute Gasteiger partial charge is 0.453 e. The van der Waals surface area contributed by atoms with Gasteiger partial charge in [0.1, 0.15) is 11.7 Å². The van der Waals surface area contributed by atoms with Crippen LogP contribution < -0.4 is 0 Å². The van der Waals surface area contributed by atoms with E-state index in [1.165, 1.54) is 12.5 Å². The van der Waals surface area contributed by atoms with Gasteiger partial charge in [-0.2, -0.15) is 0 Å². The molecule has 0 saturated heterocycles. The minimum absolute atomic E-state index is 0.313. The van der Waals surface area contributed by atoms with Gasteiger partial charge in [-0.25, -0.2) is 4.79 Å². The third-order valence-electron chi connectivity index (χ3n) is 2.96. The lowest BCUT2D eigenvalue weighted by atomic mass is 9.79. The molecule has 1 atom stereocenters. The number of carbonyl (C=O) groups excluding carboxylic acids is 1. The topological polar surface area (TPSA) is 46.5 Å². The Labute approximate surface area is 77.4 Å². The molecule has 3 heteroatoms. The maximum Gasteiger partial charge on any atom is 0.331 e. The van der Waals surface area contributed by atoms with E-state index >= 15 is 0 Å². The van der Waals surface area contributed by atoms with E-state index in [1.807, 2.05) is 0 Å². The van der Waals surface area contributed by atoms with Crippen molar-refractivity contribution in [3.63, 3.8) is 0 Å². The summed E-state index contributed by atoms with van der Waals surface area (Å²) in [5.41, 5.74) is -0.593. The van der Waals surface area contributed by atoms with Gasteiger partial charge < -0.3 is 9.84 Å². The SMILES string of the molecule is O=C1C=CC(O)C2(CCCCC2)O1. The monoisotopic (exact) mass is 182 g/mol. The Kier molecular flexibility index (Phi) is 2.12. The van der Waals surface area contributed by atoms with Gasteiger partial charge in [-0.3, -0.25) is 0 Å². The fraction of sp³-hybridized carbons (Fsp3) is 0.700. The molecule has 0 aromatic carbocycles. The lowest BCUT2D eigenvalue weighted by Crippen LogP contribution is -2.48. The molecule has 1 aliphatic carbocycles. The maximum atomic E-state index is 11.1. The summed E-state index contributed by atoms with van der Waals surface area (Å²) in [6.45, 7) is 0. The van der Waals surface area contributed by atoms with Crippen LogP contribution in [0.2, 0.25) is 0 Å². The Morgan fingerprint density at radius 1 is 1.38 bits per heavy atom. The van der Waals surface area contributed by atoms with Crippen molar-refractivity contribution in [3.05, 3.63) is 12.2 Å². The minimum Gasteiger partial charge on any atom is -0.453 e. The number of hydrogen-bond donors (Lipinski definition) is 1. The predicted molar refractivity (Wildman–Crippen MR) is 47.1 cm³/mol. The van der Waals surface area contributed by atoms with E-state index < -0.39 is 11.7 Å². The molecule has 3 nitrogen and oxygen atoms in total. The average molecular weight is 182 g/mol. The molecule has 1 spiro atoms. The summed E-state index contributed by atoms with van der Waals surface area (Å²) in [6, 6.07) is 0. The van der Waals surface area contributed by atoms with E-state index in [9.17, 15) is 9.90 Å². The van der Waals surface area contributed by atoms with E-state index in [1.54, 1.807) is 6.08 Å². The van der Waals surface area contributed by atoms with Crippen molar-refractivity contribution in [1.29, 1.82) is 0 Å². The molecule has 1 fully saturated rings. The van der Waals surface area contributed by atoms with Gasteiger partial charge in [0.2, 0.25) is 0 Å². The number of esters is 1. The molecule has 1 heterocycles.